The van der Waals surface area contributed by atoms with E-state index in [0.29, 0.717) is 6.54 Å². The van der Waals surface area contributed by atoms with Crippen molar-refractivity contribution in [3.05, 3.63) is 22.4 Å². The van der Waals surface area contributed by atoms with E-state index in [1.54, 1.807) is 11.3 Å². The quantitative estimate of drug-likeness (QED) is 0.830. The molecule has 1 fully saturated rings. The van der Waals surface area contributed by atoms with E-state index < -0.39 is 0 Å². The molecule has 1 atom stereocenters. The molecule has 3 nitrogen and oxygen atoms in total. The lowest BCUT2D eigenvalue weighted by atomic mass is 10.2. The summed E-state index contributed by atoms with van der Waals surface area (Å²) >= 11 is 1.75. The van der Waals surface area contributed by atoms with Crippen molar-refractivity contribution in [3.63, 3.8) is 0 Å². The van der Waals surface area contributed by atoms with E-state index in [-0.39, 0.29) is 6.04 Å². The predicted molar refractivity (Wildman–Crippen MR) is 58.0 cm³/mol. The van der Waals surface area contributed by atoms with Crippen molar-refractivity contribution in [1.82, 2.24) is 5.06 Å². The van der Waals surface area contributed by atoms with Gasteiger partial charge in [-0.05, 0) is 24.3 Å². The van der Waals surface area contributed by atoms with Gasteiger partial charge < -0.3 is 5.73 Å². The maximum Gasteiger partial charge on any atom is 0.0816 e. The molecule has 0 radical (unpaired) electrons. The molecule has 1 aliphatic heterocycles. The van der Waals surface area contributed by atoms with Crippen LogP contribution >= 0.6 is 11.3 Å². The molecule has 1 aliphatic rings. The van der Waals surface area contributed by atoms with Crippen molar-refractivity contribution in [1.29, 1.82) is 0 Å². The fraction of sp³-hybridized carbons (Fsp3) is 0.600. The Hall–Kier alpha value is -0.420. The van der Waals surface area contributed by atoms with Crippen molar-refractivity contribution >= 4 is 11.3 Å². The molecule has 2 heterocycles. The summed E-state index contributed by atoms with van der Waals surface area (Å²) in [4.78, 5) is 6.92. The number of hydrogen-bond acceptors (Lipinski definition) is 4. The molecule has 0 amide bonds. The maximum absolute atomic E-state index is 5.78. The zero-order chi connectivity index (χ0) is 9.80. The van der Waals surface area contributed by atoms with Gasteiger partial charge in [0, 0.05) is 18.0 Å². The molecule has 0 spiro atoms. The summed E-state index contributed by atoms with van der Waals surface area (Å²) in [5.41, 5.74) is 5.78. The Kier molecular flexibility index (Phi) is 3.53. The first-order valence-corrected chi connectivity index (χ1v) is 5.93. The Morgan fingerprint density at radius 1 is 1.57 bits per heavy atom. The Labute approximate surface area is 88.4 Å². The van der Waals surface area contributed by atoms with Gasteiger partial charge in [0.25, 0.3) is 0 Å². The highest BCUT2D eigenvalue weighted by Crippen LogP contribution is 2.26. The van der Waals surface area contributed by atoms with Gasteiger partial charge in [-0.2, -0.15) is 5.06 Å². The summed E-state index contributed by atoms with van der Waals surface area (Å²) in [6.45, 7) is 2.46. The van der Waals surface area contributed by atoms with E-state index in [9.17, 15) is 0 Å². The first kappa shape index (κ1) is 10.1. The van der Waals surface area contributed by atoms with Gasteiger partial charge in [-0.25, -0.2) is 0 Å². The minimum Gasteiger partial charge on any atom is -0.328 e. The molecule has 1 saturated heterocycles. The largest absolute Gasteiger partial charge is 0.328 e. The third-order valence-corrected chi connectivity index (χ3v) is 3.45. The van der Waals surface area contributed by atoms with E-state index in [1.807, 2.05) is 5.06 Å². The van der Waals surface area contributed by atoms with Gasteiger partial charge >= 0.3 is 0 Å². The molecule has 1 aromatic rings. The summed E-state index contributed by atoms with van der Waals surface area (Å²) in [5, 5.41) is 4.12. The molecule has 78 valence electrons. The number of hydrogen-bond donors (Lipinski definition) is 1. The number of nitrogens with zero attached hydrogens (tertiary/aromatic N) is 1. The maximum atomic E-state index is 5.78. The van der Waals surface area contributed by atoms with Crippen molar-refractivity contribution in [2.75, 3.05) is 19.7 Å². The standard InChI is InChI=1S/C10H16N2OS/c11-8-9(10-4-3-7-14-10)12-5-1-2-6-13-12/h3-4,7,9H,1-2,5-6,8,11H2. The molecule has 2 N–H and O–H groups in total. The molecule has 1 aromatic heterocycles. The summed E-state index contributed by atoms with van der Waals surface area (Å²) in [5.74, 6) is 0. The van der Waals surface area contributed by atoms with Gasteiger partial charge in [-0.15, -0.1) is 11.3 Å². The Bertz CT molecular complexity index is 257. The lowest BCUT2D eigenvalue weighted by Gasteiger charge is -2.32. The molecular weight excluding hydrogens is 196 g/mol. The Morgan fingerprint density at radius 2 is 2.50 bits per heavy atom. The van der Waals surface area contributed by atoms with E-state index in [1.165, 1.54) is 11.3 Å². The average molecular weight is 212 g/mol. The van der Waals surface area contributed by atoms with Gasteiger partial charge in [0.1, 0.15) is 0 Å². The number of hydroxylamine groups is 2. The summed E-state index contributed by atoms with van der Waals surface area (Å²) < 4.78 is 0. The zero-order valence-electron chi connectivity index (χ0n) is 8.19. The minimum absolute atomic E-state index is 0.246. The van der Waals surface area contributed by atoms with Crippen molar-refractivity contribution < 1.29 is 4.84 Å². The van der Waals surface area contributed by atoms with Crippen LogP contribution in [0.1, 0.15) is 23.8 Å². The van der Waals surface area contributed by atoms with Crippen molar-refractivity contribution in [3.8, 4) is 0 Å². The highest BCUT2D eigenvalue weighted by Gasteiger charge is 2.22. The van der Waals surface area contributed by atoms with Crippen LogP contribution in [0.4, 0.5) is 0 Å². The normalized spacial score (nSPS) is 20.9. The second-order valence-corrected chi connectivity index (χ2v) is 4.43. The van der Waals surface area contributed by atoms with Crippen LogP contribution < -0.4 is 5.73 Å². The van der Waals surface area contributed by atoms with Crippen LogP contribution in [0.25, 0.3) is 0 Å². The lowest BCUT2D eigenvalue weighted by molar-refractivity contribution is -0.205. The fourth-order valence-electron chi connectivity index (χ4n) is 1.72. The highest BCUT2D eigenvalue weighted by atomic mass is 32.1. The van der Waals surface area contributed by atoms with Crippen LogP contribution in [0.3, 0.4) is 0 Å². The second kappa shape index (κ2) is 4.89. The molecule has 1 unspecified atom stereocenters. The molecular formula is C10H16N2OS. The summed E-state index contributed by atoms with van der Waals surface area (Å²) in [6, 6.07) is 4.43. The van der Waals surface area contributed by atoms with Crippen LogP contribution in [0.5, 0.6) is 0 Å². The average Bonchev–Trinajstić information content (AvgIpc) is 2.74. The van der Waals surface area contributed by atoms with Crippen LogP contribution in [0.2, 0.25) is 0 Å². The minimum atomic E-state index is 0.246. The third kappa shape index (κ3) is 2.15. The van der Waals surface area contributed by atoms with Gasteiger partial charge in [0.05, 0.1) is 12.6 Å². The summed E-state index contributed by atoms with van der Waals surface area (Å²) in [7, 11) is 0. The monoisotopic (exact) mass is 212 g/mol. The Morgan fingerprint density at radius 3 is 3.07 bits per heavy atom. The Balaban J connectivity index is 2.04. The SMILES string of the molecule is NCC(c1cccs1)N1CCCCO1. The van der Waals surface area contributed by atoms with E-state index in [4.69, 9.17) is 10.6 Å². The van der Waals surface area contributed by atoms with Crippen LogP contribution in [0.15, 0.2) is 17.5 Å². The van der Waals surface area contributed by atoms with Gasteiger partial charge in [0.15, 0.2) is 0 Å². The van der Waals surface area contributed by atoms with E-state index >= 15 is 0 Å². The third-order valence-electron chi connectivity index (χ3n) is 2.47. The molecule has 14 heavy (non-hydrogen) atoms. The van der Waals surface area contributed by atoms with Gasteiger partial charge in [-0.1, -0.05) is 6.07 Å². The molecule has 0 bridgehead atoms. The van der Waals surface area contributed by atoms with Crippen LogP contribution in [-0.4, -0.2) is 24.8 Å². The van der Waals surface area contributed by atoms with Gasteiger partial charge in [0.2, 0.25) is 0 Å². The van der Waals surface area contributed by atoms with Crippen molar-refractivity contribution in [2.45, 2.75) is 18.9 Å². The summed E-state index contributed by atoms with van der Waals surface area (Å²) in [6.07, 6.45) is 2.38. The number of rotatable bonds is 3. The highest BCUT2D eigenvalue weighted by molar-refractivity contribution is 7.10. The smallest absolute Gasteiger partial charge is 0.0816 e. The van der Waals surface area contributed by atoms with Gasteiger partial charge in [-0.3, -0.25) is 4.84 Å². The number of thiophene rings is 1. The van der Waals surface area contributed by atoms with Crippen LogP contribution in [0, 0.1) is 0 Å². The molecule has 2 rings (SSSR count). The number of nitrogens with two attached hydrogens (primary N) is 1. The van der Waals surface area contributed by atoms with E-state index in [0.717, 1.165) is 19.6 Å². The fourth-order valence-corrected chi connectivity index (χ4v) is 2.56. The van der Waals surface area contributed by atoms with Crippen LogP contribution in [-0.2, 0) is 4.84 Å². The molecule has 0 saturated carbocycles. The molecule has 0 aliphatic carbocycles. The molecule has 0 aromatic carbocycles. The van der Waals surface area contributed by atoms with Crippen molar-refractivity contribution in [2.24, 2.45) is 5.73 Å². The first-order valence-electron chi connectivity index (χ1n) is 5.05. The van der Waals surface area contributed by atoms with E-state index in [2.05, 4.69) is 17.5 Å². The lowest BCUT2D eigenvalue weighted by Crippen LogP contribution is -2.37. The first-order chi connectivity index (χ1) is 6.92. The predicted octanol–water partition coefficient (Wildman–Crippen LogP) is 1.78. The molecule has 4 heteroatoms. The zero-order valence-corrected chi connectivity index (χ0v) is 9.00. The second-order valence-electron chi connectivity index (χ2n) is 3.45. The topological polar surface area (TPSA) is 38.5 Å².